The van der Waals surface area contributed by atoms with E-state index in [4.69, 9.17) is 16.4 Å². The van der Waals surface area contributed by atoms with Gasteiger partial charge in [0, 0.05) is 10.8 Å². The second kappa shape index (κ2) is 7.54. The second-order valence-electron chi connectivity index (χ2n) is 3.08. The van der Waals surface area contributed by atoms with Gasteiger partial charge in [0.25, 0.3) is 5.91 Å². The molecule has 0 aliphatic carbocycles. The smallest absolute Gasteiger partial charge is 0.253 e. The quantitative estimate of drug-likeness (QED) is 0.799. The highest BCUT2D eigenvalue weighted by atomic mass is 35.5. The van der Waals surface area contributed by atoms with Crippen molar-refractivity contribution in [3.05, 3.63) is 34.9 Å². The molecule has 0 atom stereocenters. The van der Waals surface area contributed by atoms with Gasteiger partial charge in [0.1, 0.15) is 0 Å². The fraction of sp³-hybridized carbons (Fsp3) is 0.364. The molecule has 1 aromatic carbocycles. The van der Waals surface area contributed by atoms with Crippen LogP contribution in [0.15, 0.2) is 24.3 Å². The number of amides is 1. The van der Waals surface area contributed by atoms with E-state index in [9.17, 15) is 4.79 Å². The molecule has 1 rings (SSSR count). The molecule has 0 aliphatic heterocycles. The molecule has 3 nitrogen and oxygen atoms in total. The van der Waals surface area contributed by atoms with Crippen molar-refractivity contribution in [2.24, 2.45) is 0 Å². The van der Waals surface area contributed by atoms with E-state index in [0.29, 0.717) is 12.4 Å². The monoisotopic (exact) mass is 259 g/mol. The topological polar surface area (TPSA) is 38.3 Å². The summed E-state index contributed by atoms with van der Waals surface area (Å²) in [7, 11) is 0. The molecule has 0 aromatic heterocycles. The van der Waals surface area contributed by atoms with Gasteiger partial charge in [-0.2, -0.15) is 0 Å². The van der Waals surface area contributed by atoms with Gasteiger partial charge in [-0.1, -0.05) is 23.7 Å². The summed E-state index contributed by atoms with van der Waals surface area (Å²) in [6.07, 6.45) is 0. The molecule has 0 bridgehead atoms. The van der Waals surface area contributed by atoms with Crippen LogP contribution in [0, 0.1) is 0 Å². The van der Waals surface area contributed by atoms with Crippen molar-refractivity contribution in [1.82, 2.24) is 5.48 Å². The minimum absolute atomic E-state index is 0.117. The Bertz CT molecular complexity index is 347. The largest absolute Gasteiger partial charge is 0.274 e. The number of halogens is 1. The predicted molar refractivity (Wildman–Crippen MR) is 67.4 cm³/mol. The van der Waals surface area contributed by atoms with Crippen LogP contribution in [0.1, 0.15) is 12.5 Å². The third kappa shape index (κ3) is 5.39. The molecule has 1 amide bonds. The Morgan fingerprint density at radius 2 is 2.38 bits per heavy atom. The third-order valence-electron chi connectivity index (χ3n) is 1.72. The molecule has 0 saturated carbocycles. The first-order valence-electron chi connectivity index (χ1n) is 4.95. The van der Waals surface area contributed by atoms with Crippen LogP contribution < -0.4 is 5.48 Å². The molecule has 16 heavy (non-hydrogen) atoms. The molecule has 88 valence electrons. The summed E-state index contributed by atoms with van der Waals surface area (Å²) in [5.41, 5.74) is 3.46. The van der Waals surface area contributed by atoms with Crippen molar-refractivity contribution in [3.63, 3.8) is 0 Å². The van der Waals surface area contributed by atoms with Gasteiger partial charge in [-0.3, -0.25) is 9.63 Å². The maximum absolute atomic E-state index is 11.2. The second-order valence-corrected chi connectivity index (χ2v) is 4.50. The third-order valence-corrected chi connectivity index (χ3v) is 2.96. The van der Waals surface area contributed by atoms with Crippen molar-refractivity contribution in [2.75, 3.05) is 12.4 Å². The Morgan fingerprint density at radius 1 is 1.56 bits per heavy atom. The number of carbonyl (C=O) groups excluding carboxylic acids is 1. The lowest BCUT2D eigenvalue weighted by Gasteiger charge is -2.04. The summed E-state index contributed by atoms with van der Waals surface area (Å²) in [5, 5.41) is 0.719. The van der Waals surface area contributed by atoms with Crippen LogP contribution in [-0.2, 0) is 15.4 Å². The Kier molecular flexibility index (Phi) is 6.30. The van der Waals surface area contributed by atoms with Gasteiger partial charge in [0.2, 0.25) is 0 Å². The first-order valence-corrected chi connectivity index (χ1v) is 6.48. The number of nitrogens with one attached hydrogen (secondary N) is 1. The van der Waals surface area contributed by atoms with E-state index < -0.39 is 0 Å². The molecular weight excluding hydrogens is 246 g/mol. The van der Waals surface area contributed by atoms with Crippen LogP contribution in [-0.4, -0.2) is 18.3 Å². The Balaban J connectivity index is 2.22. The number of thioether (sulfide) groups is 1. The number of rotatable bonds is 6. The van der Waals surface area contributed by atoms with E-state index in [2.05, 4.69) is 5.48 Å². The van der Waals surface area contributed by atoms with Gasteiger partial charge in [-0.25, -0.2) is 5.48 Å². The highest BCUT2D eigenvalue weighted by Crippen LogP contribution is 2.16. The summed E-state index contributed by atoms with van der Waals surface area (Å²) >= 11 is 7.37. The average molecular weight is 260 g/mol. The summed E-state index contributed by atoms with van der Waals surface area (Å²) in [6.45, 7) is 2.30. The highest BCUT2D eigenvalue weighted by molar-refractivity contribution is 7.99. The number of hydrogen-bond donors (Lipinski definition) is 1. The van der Waals surface area contributed by atoms with Crippen LogP contribution in [0.4, 0.5) is 0 Å². The lowest BCUT2D eigenvalue weighted by Crippen LogP contribution is -2.25. The molecule has 0 fully saturated rings. The standard InChI is InChI=1S/C11H14ClNO2S/c1-2-15-13-11(14)8-16-7-9-4-3-5-10(12)6-9/h3-6H,2,7-8H2,1H3,(H,13,14). The summed E-state index contributed by atoms with van der Waals surface area (Å²) < 4.78 is 0. The first kappa shape index (κ1) is 13.4. The lowest BCUT2D eigenvalue weighted by atomic mass is 10.2. The summed E-state index contributed by atoms with van der Waals surface area (Å²) in [5.74, 6) is 1.03. The van der Waals surface area contributed by atoms with Gasteiger partial charge < -0.3 is 0 Å². The van der Waals surface area contributed by atoms with Crippen LogP contribution in [0.5, 0.6) is 0 Å². The Hall–Kier alpha value is -0.710. The Labute approximate surface area is 104 Å². The zero-order valence-corrected chi connectivity index (χ0v) is 10.6. The SMILES string of the molecule is CCONC(=O)CSCc1cccc(Cl)c1. The van der Waals surface area contributed by atoms with Crippen molar-refractivity contribution in [3.8, 4) is 0 Å². The first-order chi connectivity index (χ1) is 7.72. The predicted octanol–water partition coefficient (Wildman–Crippen LogP) is 2.64. The Morgan fingerprint density at radius 3 is 3.06 bits per heavy atom. The minimum atomic E-state index is -0.117. The van der Waals surface area contributed by atoms with Crippen LogP contribution in [0.2, 0.25) is 5.02 Å². The highest BCUT2D eigenvalue weighted by Gasteiger charge is 2.01. The number of carbonyl (C=O) groups is 1. The zero-order chi connectivity index (χ0) is 11.8. The summed E-state index contributed by atoms with van der Waals surface area (Å²) in [4.78, 5) is 16.0. The molecular formula is C11H14ClNO2S. The van der Waals surface area contributed by atoms with Crippen molar-refractivity contribution in [2.45, 2.75) is 12.7 Å². The number of benzene rings is 1. The maximum Gasteiger partial charge on any atom is 0.253 e. The van der Waals surface area contributed by atoms with E-state index in [1.54, 1.807) is 0 Å². The van der Waals surface area contributed by atoms with E-state index in [1.807, 2.05) is 31.2 Å². The van der Waals surface area contributed by atoms with Gasteiger partial charge >= 0.3 is 0 Å². The van der Waals surface area contributed by atoms with E-state index in [1.165, 1.54) is 11.8 Å². The molecule has 1 aromatic rings. The van der Waals surface area contributed by atoms with Gasteiger partial charge in [-0.05, 0) is 24.6 Å². The van der Waals surface area contributed by atoms with E-state index >= 15 is 0 Å². The van der Waals surface area contributed by atoms with E-state index in [-0.39, 0.29) is 5.91 Å². The average Bonchev–Trinajstić information content (AvgIpc) is 2.26. The molecule has 0 saturated heterocycles. The van der Waals surface area contributed by atoms with Gasteiger partial charge in [-0.15, -0.1) is 11.8 Å². The fourth-order valence-corrected chi connectivity index (χ4v) is 2.04. The lowest BCUT2D eigenvalue weighted by molar-refractivity contribution is -0.130. The molecule has 0 heterocycles. The van der Waals surface area contributed by atoms with E-state index in [0.717, 1.165) is 16.3 Å². The number of hydroxylamine groups is 1. The van der Waals surface area contributed by atoms with Crippen LogP contribution in [0.3, 0.4) is 0 Å². The molecule has 1 N–H and O–H groups in total. The maximum atomic E-state index is 11.2. The fourth-order valence-electron chi connectivity index (χ4n) is 1.07. The van der Waals surface area contributed by atoms with Crippen molar-refractivity contribution < 1.29 is 9.63 Å². The van der Waals surface area contributed by atoms with Gasteiger partial charge in [0.15, 0.2) is 0 Å². The molecule has 0 radical (unpaired) electrons. The molecule has 0 spiro atoms. The number of hydrogen-bond acceptors (Lipinski definition) is 3. The van der Waals surface area contributed by atoms with Crippen molar-refractivity contribution in [1.29, 1.82) is 0 Å². The normalized spacial score (nSPS) is 10.1. The summed E-state index contributed by atoms with van der Waals surface area (Å²) in [6, 6.07) is 7.62. The zero-order valence-electron chi connectivity index (χ0n) is 9.03. The minimum Gasteiger partial charge on any atom is -0.274 e. The molecule has 0 aliphatic rings. The van der Waals surface area contributed by atoms with Crippen molar-refractivity contribution >= 4 is 29.3 Å². The molecule has 0 unspecified atom stereocenters. The molecule has 5 heteroatoms. The van der Waals surface area contributed by atoms with Gasteiger partial charge in [0.05, 0.1) is 12.4 Å². The van der Waals surface area contributed by atoms with Crippen LogP contribution >= 0.6 is 23.4 Å². The van der Waals surface area contributed by atoms with Crippen LogP contribution in [0.25, 0.3) is 0 Å².